The van der Waals surface area contributed by atoms with Crippen LogP contribution < -0.4 is 24.8 Å². The summed E-state index contributed by atoms with van der Waals surface area (Å²) < 4.78 is 17.1. The number of carboxylic acids is 1. The van der Waals surface area contributed by atoms with Crippen molar-refractivity contribution in [2.45, 2.75) is 25.8 Å². The van der Waals surface area contributed by atoms with E-state index < -0.39 is 5.97 Å². The highest BCUT2D eigenvalue weighted by molar-refractivity contribution is 5.77. The first-order chi connectivity index (χ1) is 15.0. The second kappa shape index (κ2) is 10.7. The number of aliphatic carboxylic acids is 1. The molecule has 8 heteroatoms. The molecule has 0 aliphatic carbocycles. The molecule has 0 aromatic heterocycles. The first-order valence-corrected chi connectivity index (χ1v) is 10.2. The van der Waals surface area contributed by atoms with Crippen molar-refractivity contribution in [3.8, 4) is 17.2 Å². The lowest BCUT2D eigenvalue weighted by Crippen LogP contribution is -2.32. The number of carbonyl (C=O) groups is 2. The van der Waals surface area contributed by atoms with Crippen LogP contribution in [-0.2, 0) is 16.0 Å². The molecule has 0 fully saturated rings. The van der Waals surface area contributed by atoms with Crippen LogP contribution in [0.2, 0.25) is 0 Å². The van der Waals surface area contributed by atoms with E-state index in [0.717, 1.165) is 37.6 Å². The van der Waals surface area contributed by atoms with Gasteiger partial charge in [-0.3, -0.25) is 9.59 Å². The van der Waals surface area contributed by atoms with Crippen LogP contribution in [0.4, 0.5) is 0 Å². The third-order valence-corrected chi connectivity index (χ3v) is 4.94. The first-order valence-electron chi connectivity index (χ1n) is 10.2. The number of benzene rings is 2. The Morgan fingerprint density at radius 1 is 1.19 bits per heavy atom. The summed E-state index contributed by atoms with van der Waals surface area (Å²) in [4.78, 5) is 21.0. The van der Waals surface area contributed by atoms with Gasteiger partial charge in [-0.2, -0.15) is 0 Å². The largest absolute Gasteiger partial charge is 0.494 e. The Labute approximate surface area is 181 Å². The van der Waals surface area contributed by atoms with Crippen LogP contribution in [0.15, 0.2) is 36.4 Å². The molecule has 3 N–H and O–H groups in total. The zero-order valence-corrected chi connectivity index (χ0v) is 17.8. The van der Waals surface area contributed by atoms with E-state index in [-0.39, 0.29) is 18.6 Å². The Hall–Kier alpha value is -3.26. The zero-order valence-electron chi connectivity index (χ0n) is 17.8. The number of fused-ring (bicyclic) bond motifs is 8. The second-order valence-corrected chi connectivity index (χ2v) is 7.27. The zero-order chi connectivity index (χ0) is 22.2. The van der Waals surface area contributed by atoms with Gasteiger partial charge in [-0.1, -0.05) is 12.1 Å². The molecule has 2 aromatic carbocycles. The number of amides is 1. The summed E-state index contributed by atoms with van der Waals surface area (Å²) >= 11 is 0. The monoisotopic (exact) mass is 428 g/mol. The molecule has 3 aliphatic rings. The Morgan fingerprint density at radius 2 is 2.00 bits per heavy atom. The van der Waals surface area contributed by atoms with Crippen LogP contribution in [0.25, 0.3) is 0 Å². The smallest absolute Gasteiger partial charge is 0.300 e. The van der Waals surface area contributed by atoms with Gasteiger partial charge in [0.05, 0.1) is 19.8 Å². The van der Waals surface area contributed by atoms with E-state index >= 15 is 0 Å². The fourth-order valence-corrected chi connectivity index (χ4v) is 3.60. The predicted octanol–water partition coefficient (Wildman–Crippen LogP) is 2.30. The lowest BCUT2D eigenvalue weighted by Gasteiger charge is -2.29. The molecule has 2 aromatic rings. The molecular weight excluding hydrogens is 400 g/mol. The fourth-order valence-electron chi connectivity index (χ4n) is 3.60. The average Bonchev–Trinajstić information content (AvgIpc) is 2.75. The Balaban J connectivity index is 0.000000628. The minimum atomic E-state index is -0.833. The summed E-state index contributed by atoms with van der Waals surface area (Å²) in [6.07, 6.45) is 1.63. The van der Waals surface area contributed by atoms with Crippen molar-refractivity contribution in [2.75, 3.05) is 33.4 Å². The molecule has 1 unspecified atom stereocenters. The highest BCUT2D eigenvalue weighted by Crippen LogP contribution is 2.38. The molecule has 1 atom stereocenters. The van der Waals surface area contributed by atoms with E-state index in [1.807, 2.05) is 24.3 Å². The maximum atomic E-state index is 12.0. The Kier molecular flexibility index (Phi) is 7.72. The number of carboxylic acid groups (broad SMARTS) is 1. The molecule has 6 bridgehead atoms. The SMILES string of the molecule is CC(=O)O.COc1cc2c3cc1OCC(=O)NCCCOc1cccc(c1)C2NCC3. The van der Waals surface area contributed by atoms with Crippen LogP contribution in [-0.4, -0.2) is 50.4 Å². The maximum absolute atomic E-state index is 12.0. The van der Waals surface area contributed by atoms with E-state index in [1.165, 1.54) is 11.1 Å². The molecule has 8 nitrogen and oxygen atoms in total. The highest BCUT2D eigenvalue weighted by atomic mass is 16.5. The maximum Gasteiger partial charge on any atom is 0.300 e. The lowest BCUT2D eigenvalue weighted by atomic mass is 9.89. The van der Waals surface area contributed by atoms with Crippen molar-refractivity contribution in [3.63, 3.8) is 0 Å². The third-order valence-electron chi connectivity index (χ3n) is 4.94. The van der Waals surface area contributed by atoms with Gasteiger partial charge in [0.25, 0.3) is 11.9 Å². The van der Waals surface area contributed by atoms with Gasteiger partial charge in [0, 0.05) is 20.0 Å². The van der Waals surface area contributed by atoms with Gasteiger partial charge in [0.2, 0.25) is 0 Å². The summed E-state index contributed by atoms with van der Waals surface area (Å²) in [5, 5.41) is 13.9. The van der Waals surface area contributed by atoms with Crippen molar-refractivity contribution in [2.24, 2.45) is 0 Å². The number of nitrogens with one attached hydrogen (secondary N) is 2. The van der Waals surface area contributed by atoms with E-state index in [2.05, 4.69) is 22.8 Å². The summed E-state index contributed by atoms with van der Waals surface area (Å²) in [5.74, 6) is 1.10. The number of methoxy groups -OCH3 is 1. The molecule has 1 amide bonds. The van der Waals surface area contributed by atoms with Gasteiger partial charge >= 0.3 is 0 Å². The molecule has 3 heterocycles. The quantitative estimate of drug-likeness (QED) is 0.640. The summed E-state index contributed by atoms with van der Waals surface area (Å²) in [6.45, 7) is 3.02. The molecule has 0 saturated carbocycles. The molecule has 3 aliphatic heterocycles. The predicted molar refractivity (Wildman–Crippen MR) is 115 cm³/mol. The number of rotatable bonds is 1. The molecule has 166 valence electrons. The number of hydrogen-bond donors (Lipinski definition) is 3. The van der Waals surface area contributed by atoms with Gasteiger partial charge in [-0.25, -0.2) is 0 Å². The van der Waals surface area contributed by atoms with Crippen molar-refractivity contribution in [1.82, 2.24) is 10.6 Å². The highest BCUT2D eigenvalue weighted by Gasteiger charge is 2.24. The van der Waals surface area contributed by atoms with Gasteiger partial charge in [-0.05, 0) is 53.8 Å². The normalized spacial score (nSPS) is 17.9. The second-order valence-electron chi connectivity index (χ2n) is 7.27. The Morgan fingerprint density at radius 3 is 2.77 bits per heavy atom. The van der Waals surface area contributed by atoms with Crippen LogP contribution in [0, 0.1) is 0 Å². The van der Waals surface area contributed by atoms with Gasteiger partial charge < -0.3 is 30.0 Å². The number of carbonyl (C=O) groups excluding carboxylic acids is 1. The number of hydrogen-bond acceptors (Lipinski definition) is 6. The van der Waals surface area contributed by atoms with Crippen molar-refractivity contribution < 1.29 is 28.9 Å². The van der Waals surface area contributed by atoms with E-state index in [9.17, 15) is 4.79 Å². The standard InChI is InChI=1S/C21H24N2O4.C2H4O2/c1-25-18-12-17-14-6-8-23-21(17)15-4-2-5-16(10-15)26-9-3-7-22-20(24)13-27-19(18)11-14;1-2(3)4/h2,4-5,10-12,21,23H,3,6-9,13H2,1H3,(H,22,24);1H3,(H,3,4). The average molecular weight is 428 g/mol. The minimum absolute atomic E-state index is 0.0310. The third kappa shape index (κ3) is 6.11. The first kappa shape index (κ1) is 22.4. The minimum Gasteiger partial charge on any atom is -0.494 e. The van der Waals surface area contributed by atoms with Crippen molar-refractivity contribution in [3.05, 3.63) is 53.1 Å². The van der Waals surface area contributed by atoms with Crippen molar-refractivity contribution >= 4 is 11.9 Å². The molecule has 5 rings (SSSR count). The summed E-state index contributed by atoms with van der Waals surface area (Å²) in [6, 6.07) is 12.2. The van der Waals surface area contributed by atoms with E-state index in [4.69, 9.17) is 24.1 Å². The van der Waals surface area contributed by atoms with Gasteiger partial charge in [0.1, 0.15) is 5.75 Å². The van der Waals surface area contributed by atoms with Gasteiger partial charge in [0.15, 0.2) is 18.1 Å². The van der Waals surface area contributed by atoms with Crippen LogP contribution >= 0.6 is 0 Å². The fraction of sp³-hybridized carbons (Fsp3) is 0.391. The van der Waals surface area contributed by atoms with Crippen LogP contribution in [0.5, 0.6) is 17.2 Å². The summed E-state index contributed by atoms with van der Waals surface area (Å²) in [7, 11) is 1.62. The van der Waals surface area contributed by atoms with Crippen LogP contribution in [0.1, 0.15) is 36.1 Å². The Bertz CT molecular complexity index is 926. The molecular formula is C23H28N2O6. The molecule has 0 saturated heterocycles. The molecule has 31 heavy (non-hydrogen) atoms. The number of ether oxygens (including phenoxy) is 3. The molecule has 0 radical (unpaired) electrons. The topological polar surface area (TPSA) is 106 Å². The lowest BCUT2D eigenvalue weighted by molar-refractivity contribution is -0.134. The van der Waals surface area contributed by atoms with Crippen LogP contribution in [0.3, 0.4) is 0 Å². The van der Waals surface area contributed by atoms with Crippen molar-refractivity contribution in [1.29, 1.82) is 0 Å². The van der Waals surface area contributed by atoms with Gasteiger partial charge in [-0.15, -0.1) is 0 Å². The molecule has 0 spiro atoms. The van der Waals surface area contributed by atoms with E-state index in [1.54, 1.807) is 7.11 Å². The van der Waals surface area contributed by atoms with E-state index in [0.29, 0.717) is 24.7 Å². The summed E-state index contributed by atoms with van der Waals surface area (Å²) in [5.41, 5.74) is 3.53.